The molecule has 21 heavy (non-hydrogen) atoms. The highest BCUT2D eigenvalue weighted by Crippen LogP contribution is 2.22. The molecule has 0 spiro atoms. The van der Waals surface area contributed by atoms with Crippen molar-refractivity contribution in [2.24, 2.45) is 0 Å². The lowest BCUT2D eigenvalue weighted by molar-refractivity contribution is 0.357. The maximum atomic E-state index is 12.6. The average Bonchev–Trinajstić information content (AvgIpc) is 2.38. The van der Waals surface area contributed by atoms with Crippen molar-refractivity contribution < 1.29 is 16.8 Å². The minimum Gasteiger partial charge on any atom is -0.316 e. The summed E-state index contributed by atoms with van der Waals surface area (Å²) in [5, 5.41) is 3.00. The number of benzene rings is 1. The number of rotatable bonds is 4. The molecule has 1 aliphatic heterocycles. The summed E-state index contributed by atoms with van der Waals surface area (Å²) in [7, 11) is -4.96. The number of sulfonamides is 1. The Balaban J connectivity index is 2.25. The molecule has 1 atom stereocenters. The van der Waals surface area contributed by atoms with Gasteiger partial charge in [0.1, 0.15) is 0 Å². The van der Waals surface area contributed by atoms with Gasteiger partial charge in [-0.2, -0.15) is 4.31 Å². The van der Waals surface area contributed by atoms with Gasteiger partial charge in [0.2, 0.25) is 10.0 Å². The molecule has 1 aromatic rings. The van der Waals surface area contributed by atoms with E-state index in [1.54, 1.807) is 31.2 Å². The SMILES string of the molecule is CNCc1ccc(S(=O)(=O)N2CCS(=O)(=O)CC2C)cc1. The van der Waals surface area contributed by atoms with Gasteiger partial charge in [0.05, 0.1) is 16.4 Å². The van der Waals surface area contributed by atoms with E-state index in [-0.39, 0.29) is 22.9 Å². The van der Waals surface area contributed by atoms with Gasteiger partial charge in [-0.25, -0.2) is 16.8 Å². The van der Waals surface area contributed by atoms with Crippen LogP contribution in [0.4, 0.5) is 0 Å². The number of nitrogens with one attached hydrogen (secondary N) is 1. The molecule has 0 amide bonds. The summed E-state index contributed by atoms with van der Waals surface area (Å²) in [5.41, 5.74) is 0.991. The zero-order chi connectivity index (χ0) is 15.7. The van der Waals surface area contributed by atoms with Gasteiger partial charge in [-0.3, -0.25) is 0 Å². The van der Waals surface area contributed by atoms with Crippen LogP contribution in [0.3, 0.4) is 0 Å². The fourth-order valence-corrected chi connectivity index (χ4v) is 5.86. The second-order valence-electron chi connectivity index (χ2n) is 5.25. The first-order valence-electron chi connectivity index (χ1n) is 6.72. The van der Waals surface area contributed by atoms with Crippen LogP contribution in [0.2, 0.25) is 0 Å². The van der Waals surface area contributed by atoms with Gasteiger partial charge in [0.15, 0.2) is 9.84 Å². The first-order valence-corrected chi connectivity index (χ1v) is 9.98. The summed E-state index contributed by atoms with van der Waals surface area (Å²) in [4.78, 5) is 0.202. The molecule has 6 nitrogen and oxygen atoms in total. The smallest absolute Gasteiger partial charge is 0.243 e. The van der Waals surface area contributed by atoms with E-state index in [4.69, 9.17) is 0 Å². The first-order chi connectivity index (χ1) is 9.76. The van der Waals surface area contributed by atoms with Crippen LogP contribution in [0.15, 0.2) is 29.2 Å². The van der Waals surface area contributed by atoms with Crippen molar-refractivity contribution in [3.63, 3.8) is 0 Å². The van der Waals surface area contributed by atoms with Crippen molar-refractivity contribution in [1.82, 2.24) is 9.62 Å². The Morgan fingerprint density at radius 3 is 2.43 bits per heavy atom. The Morgan fingerprint density at radius 1 is 1.29 bits per heavy atom. The minimum absolute atomic E-state index is 0.0180. The van der Waals surface area contributed by atoms with Gasteiger partial charge in [-0.05, 0) is 31.7 Å². The summed E-state index contributed by atoms with van der Waals surface area (Å²) < 4.78 is 49.6. The van der Waals surface area contributed by atoms with Crippen LogP contribution >= 0.6 is 0 Å². The Bertz CT molecular complexity index is 696. The fourth-order valence-electron chi connectivity index (χ4n) is 2.46. The molecular weight excluding hydrogens is 312 g/mol. The predicted molar refractivity (Wildman–Crippen MR) is 81.2 cm³/mol. The number of hydrogen-bond acceptors (Lipinski definition) is 5. The van der Waals surface area contributed by atoms with E-state index in [1.165, 1.54) is 4.31 Å². The molecule has 2 rings (SSSR count). The van der Waals surface area contributed by atoms with E-state index in [0.29, 0.717) is 6.54 Å². The molecule has 1 N–H and O–H groups in total. The highest BCUT2D eigenvalue weighted by molar-refractivity contribution is 7.92. The third-order valence-electron chi connectivity index (χ3n) is 3.52. The molecule has 1 fully saturated rings. The van der Waals surface area contributed by atoms with Gasteiger partial charge < -0.3 is 5.32 Å². The summed E-state index contributed by atoms with van der Waals surface area (Å²) >= 11 is 0. The highest BCUT2D eigenvalue weighted by Gasteiger charge is 2.36. The zero-order valence-corrected chi connectivity index (χ0v) is 13.7. The van der Waals surface area contributed by atoms with Gasteiger partial charge in [-0.1, -0.05) is 12.1 Å². The molecule has 1 saturated heterocycles. The molecule has 1 aliphatic rings. The quantitative estimate of drug-likeness (QED) is 0.852. The summed E-state index contributed by atoms with van der Waals surface area (Å²) in [6, 6.07) is 6.12. The summed E-state index contributed by atoms with van der Waals surface area (Å²) in [6.45, 7) is 2.31. The third-order valence-corrected chi connectivity index (χ3v) is 7.34. The topological polar surface area (TPSA) is 83.6 Å². The molecule has 0 radical (unpaired) electrons. The van der Waals surface area contributed by atoms with E-state index < -0.39 is 25.9 Å². The maximum absolute atomic E-state index is 12.6. The fraction of sp³-hybridized carbons (Fsp3) is 0.538. The van der Waals surface area contributed by atoms with Gasteiger partial charge in [0.25, 0.3) is 0 Å². The molecular formula is C13H20N2O4S2. The van der Waals surface area contributed by atoms with Gasteiger partial charge in [0, 0.05) is 19.1 Å². The molecule has 118 valence electrons. The average molecular weight is 332 g/mol. The van der Waals surface area contributed by atoms with Crippen LogP contribution in [0, 0.1) is 0 Å². The second-order valence-corrected chi connectivity index (χ2v) is 9.37. The second kappa shape index (κ2) is 6.04. The first kappa shape index (κ1) is 16.4. The Hall–Kier alpha value is -0.960. The van der Waals surface area contributed by atoms with Crippen molar-refractivity contribution in [3.05, 3.63) is 29.8 Å². The third kappa shape index (κ3) is 3.63. The van der Waals surface area contributed by atoms with Crippen molar-refractivity contribution in [2.75, 3.05) is 25.1 Å². The van der Waals surface area contributed by atoms with E-state index in [0.717, 1.165) is 5.56 Å². The molecule has 0 aromatic heterocycles. The Kier molecular flexibility index (Phi) is 4.72. The van der Waals surface area contributed by atoms with Crippen LogP contribution in [-0.2, 0) is 26.4 Å². The van der Waals surface area contributed by atoms with Crippen LogP contribution in [0.25, 0.3) is 0 Å². The van der Waals surface area contributed by atoms with E-state index in [2.05, 4.69) is 5.32 Å². The summed E-state index contributed by atoms with van der Waals surface area (Å²) in [5.74, 6) is -0.238. The minimum atomic E-state index is -3.64. The monoisotopic (exact) mass is 332 g/mol. The standard InChI is InChI=1S/C13H20N2O4S2/c1-11-10-20(16,17)8-7-15(11)21(18,19)13-5-3-12(4-6-13)9-14-2/h3-6,11,14H,7-10H2,1-2H3. The summed E-state index contributed by atoms with van der Waals surface area (Å²) in [6.07, 6.45) is 0. The zero-order valence-electron chi connectivity index (χ0n) is 12.1. The lowest BCUT2D eigenvalue weighted by Gasteiger charge is -2.32. The highest BCUT2D eigenvalue weighted by atomic mass is 32.2. The number of sulfone groups is 1. The molecule has 0 aliphatic carbocycles. The lowest BCUT2D eigenvalue weighted by Crippen LogP contribution is -2.49. The number of nitrogens with zero attached hydrogens (tertiary/aromatic N) is 1. The van der Waals surface area contributed by atoms with Gasteiger partial charge in [-0.15, -0.1) is 0 Å². The molecule has 1 aromatic carbocycles. The number of hydrogen-bond donors (Lipinski definition) is 1. The van der Waals surface area contributed by atoms with Crippen LogP contribution < -0.4 is 5.32 Å². The molecule has 1 heterocycles. The predicted octanol–water partition coefficient (Wildman–Crippen LogP) is 0.214. The van der Waals surface area contributed by atoms with Crippen LogP contribution in [0.1, 0.15) is 12.5 Å². The normalized spacial score (nSPS) is 23.0. The van der Waals surface area contributed by atoms with Crippen molar-refractivity contribution in [3.8, 4) is 0 Å². The van der Waals surface area contributed by atoms with E-state index in [9.17, 15) is 16.8 Å². The Labute approximate surface area is 126 Å². The molecule has 1 unspecified atom stereocenters. The van der Waals surface area contributed by atoms with Crippen LogP contribution in [0.5, 0.6) is 0 Å². The molecule has 0 saturated carbocycles. The maximum Gasteiger partial charge on any atom is 0.243 e. The van der Waals surface area contributed by atoms with Crippen LogP contribution in [-0.4, -0.2) is 52.3 Å². The van der Waals surface area contributed by atoms with Crippen molar-refractivity contribution in [2.45, 2.75) is 24.4 Å². The van der Waals surface area contributed by atoms with E-state index >= 15 is 0 Å². The lowest BCUT2D eigenvalue weighted by atomic mass is 10.2. The molecule has 0 bridgehead atoms. The van der Waals surface area contributed by atoms with Gasteiger partial charge >= 0.3 is 0 Å². The van der Waals surface area contributed by atoms with Crippen molar-refractivity contribution >= 4 is 19.9 Å². The Morgan fingerprint density at radius 2 is 1.90 bits per heavy atom. The van der Waals surface area contributed by atoms with E-state index in [1.807, 2.05) is 7.05 Å². The molecule has 8 heteroatoms. The largest absolute Gasteiger partial charge is 0.316 e. The van der Waals surface area contributed by atoms with Crippen molar-refractivity contribution in [1.29, 1.82) is 0 Å².